The van der Waals surface area contributed by atoms with E-state index in [1.165, 1.54) is 12.0 Å². The maximum Gasteiger partial charge on any atom is 0.249 e. The minimum atomic E-state index is 0.259. The third kappa shape index (κ3) is 2.29. The Labute approximate surface area is 97.9 Å². The lowest BCUT2D eigenvalue weighted by Gasteiger charge is -2.36. The molecule has 1 N–H and O–H groups in total. The van der Waals surface area contributed by atoms with Crippen molar-refractivity contribution in [3.05, 3.63) is 11.1 Å². The van der Waals surface area contributed by atoms with Gasteiger partial charge in [0.05, 0.1) is 0 Å². The first-order chi connectivity index (χ1) is 7.58. The molecule has 3 heteroatoms. The van der Waals surface area contributed by atoms with Crippen molar-refractivity contribution >= 4 is 5.91 Å². The van der Waals surface area contributed by atoms with E-state index in [1.54, 1.807) is 0 Å². The molecule has 2 saturated heterocycles. The van der Waals surface area contributed by atoms with Gasteiger partial charge in [0.25, 0.3) is 0 Å². The van der Waals surface area contributed by atoms with E-state index in [1.807, 2.05) is 11.8 Å². The van der Waals surface area contributed by atoms with E-state index >= 15 is 0 Å². The molecule has 3 nitrogen and oxygen atoms in total. The predicted molar refractivity (Wildman–Crippen MR) is 65.1 cm³/mol. The van der Waals surface area contributed by atoms with Crippen LogP contribution in [0.25, 0.3) is 0 Å². The van der Waals surface area contributed by atoms with Crippen molar-refractivity contribution < 1.29 is 4.79 Å². The summed E-state index contributed by atoms with van der Waals surface area (Å²) in [5.74, 6) is 1.55. The molecule has 0 saturated carbocycles. The van der Waals surface area contributed by atoms with Gasteiger partial charge in [-0.15, -0.1) is 0 Å². The molecule has 0 aromatic carbocycles. The Kier molecular flexibility index (Phi) is 3.33. The van der Waals surface area contributed by atoms with Gasteiger partial charge in [-0.2, -0.15) is 0 Å². The highest BCUT2D eigenvalue weighted by Crippen LogP contribution is 2.23. The molecule has 2 unspecified atom stereocenters. The summed E-state index contributed by atoms with van der Waals surface area (Å²) in [6.45, 7) is 10.1. The number of hydrogen-bond acceptors (Lipinski definition) is 2. The molecule has 0 aliphatic carbocycles. The molecule has 0 aromatic heterocycles. The second kappa shape index (κ2) is 4.58. The van der Waals surface area contributed by atoms with Gasteiger partial charge in [0.15, 0.2) is 0 Å². The Hall–Kier alpha value is -0.830. The third-order valence-electron chi connectivity index (χ3n) is 3.68. The molecule has 1 amide bonds. The first-order valence-corrected chi connectivity index (χ1v) is 6.26. The van der Waals surface area contributed by atoms with Crippen molar-refractivity contribution in [2.45, 2.75) is 27.2 Å². The van der Waals surface area contributed by atoms with Crippen LogP contribution in [0.3, 0.4) is 0 Å². The predicted octanol–water partition coefficient (Wildman–Crippen LogP) is 1.41. The minimum absolute atomic E-state index is 0.259. The highest BCUT2D eigenvalue weighted by molar-refractivity contribution is 5.94. The van der Waals surface area contributed by atoms with Crippen LogP contribution in [-0.2, 0) is 4.79 Å². The summed E-state index contributed by atoms with van der Waals surface area (Å²) in [4.78, 5) is 14.3. The van der Waals surface area contributed by atoms with E-state index in [-0.39, 0.29) is 5.91 Å². The van der Waals surface area contributed by atoms with Crippen molar-refractivity contribution in [2.75, 3.05) is 26.2 Å². The lowest BCUT2D eigenvalue weighted by Crippen LogP contribution is -2.44. The molecule has 0 radical (unpaired) electrons. The number of amides is 1. The number of hydrogen-bond donors (Lipinski definition) is 1. The Morgan fingerprint density at radius 3 is 2.25 bits per heavy atom. The maximum atomic E-state index is 12.3. The molecule has 2 atom stereocenters. The van der Waals surface area contributed by atoms with Gasteiger partial charge in [-0.25, -0.2) is 0 Å². The summed E-state index contributed by atoms with van der Waals surface area (Å²) >= 11 is 0. The van der Waals surface area contributed by atoms with Crippen LogP contribution in [0.2, 0.25) is 0 Å². The molecular weight excluding hydrogens is 200 g/mol. The second-order valence-corrected chi connectivity index (χ2v) is 5.49. The van der Waals surface area contributed by atoms with Crippen LogP contribution < -0.4 is 5.32 Å². The van der Waals surface area contributed by atoms with Crippen molar-refractivity contribution in [3.8, 4) is 0 Å². The Morgan fingerprint density at radius 2 is 1.81 bits per heavy atom. The minimum Gasteiger partial charge on any atom is -0.338 e. The van der Waals surface area contributed by atoms with Gasteiger partial charge in [0.2, 0.25) is 5.91 Å². The topological polar surface area (TPSA) is 32.3 Å². The lowest BCUT2D eigenvalue weighted by molar-refractivity contribution is -0.129. The van der Waals surface area contributed by atoms with Gasteiger partial charge in [0.1, 0.15) is 0 Å². The van der Waals surface area contributed by atoms with E-state index in [0.29, 0.717) is 11.8 Å². The summed E-state index contributed by atoms with van der Waals surface area (Å²) in [6, 6.07) is 0. The van der Waals surface area contributed by atoms with Crippen molar-refractivity contribution in [2.24, 2.45) is 11.8 Å². The molecular formula is C13H22N2O. The van der Waals surface area contributed by atoms with Crippen LogP contribution in [0.1, 0.15) is 27.2 Å². The van der Waals surface area contributed by atoms with Crippen molar-refractivity contribution in [3.63, 3.8) is 0 Å². The standard InChI is InChI=1S/C13H22N2O/c1-9-4-10(2)8-15(7-9)13(16)11(3)12-5-14-6-12/h9-10,14H,4-8H2,1-3H3. The summed E-state index contributed by atoms with van der Waals surface area (Å²) in [7, 11) is 0. The zero-order valence-corrected chi connectivity index (χ0v) is 10.5. The summed E-state index contributed by atoms with van der Waals surface area (Å²) < 4.78 is 0. The number of rotatable bonds is 1. The molecule has 2 heterocycles. The lowest BCUT2D eigenvalue weighted by atomic mass is 9.91. The van der Waals surface area contributed by atoms with Crippen LogP contribution in [0.5, 0.6) is 0 Å². The van der Waals surface area contributed by atoms with E-state index in [9.17, 15) is 4.79 Å². The molecule has 2 fully saturated rings. The summed E-state index contributed by atoms with van der Waals surface area (Å²) in [5.41, 5.74) is 2.26. The van der Waals surface area contributed by atoms with Gasteiger partial charge >= 0.3 is 0 Å². The fraction of sp³-hybridized carbons (Fsp3) is 0.769. The SMILES string of the molecule is CC(C(=O)N1CC(C)CC(C)C1)=C1CNC1. The summed E-state index contributed by atoms with van der Waals surface area (Å²) in [6.07, 6.45) is 1.25. The van der Waals surface area contributed by atoms with Crippen LogP contribution in [-0.4, -0.2) is 37.0 Å². The quantitative estimate of drug-likeness (QED) is 0.680. The Balaban J connectivity index is 2.03. The third-order valence-corrected chi connectivity index (χ3v) is 3.68. The fourth-order valence-corrected chi connectivity index (χ4v) is 2.73. The summed E-state index contributed by atoms with van der Waals surface area (Å²) in [5, 5.41) is 3.19. The fourth-order valence-electron chi connectivity index (χ4n) is 2.73. The highest BCUT2D eigenvalue weighted by Gasteiger charge is 2.27. The maximum absolute atomic E-state index is 12.3. The average molecular weight is 222 g/mol. The number of carbonyl (C=O) groups excluding carboxylic acids is 1. The van der Waals surface area contributed by atoms with E-state index in [4.69, 9.17) is 0 Å². The van der Waals surface area contributed by atoms with Crippen LogP contribution in [0, 0.1) is 11.8 Å². The average Bonchev–Trinajstić information content (AvgIpc) is 2.12. The molecule has 0 spiro atoms. The highest BCUT2D eigenvalue weighted by atomic mass is 16.2. The zero-order valence-electron chi connectivity index (χ0n) is 10.5. The first-order valence-electron chi connectivity index (χ1n) is 6.26. The molecule has 90 valence electrons. The number of carbonyl (C=O) groups is 1. The van der Waals surface area contributed by atoms with Crippen LogP contribution in [0.15, 0.2) is 11.1 Å². The smallest absolute Gasteiger partial charge is 0.249 e. The zero-order chi connectivity index (χ0) is 11.7. The molecule has 2 aliphatic heterocycles. The number of nitrogens with one attached hydrogen (secondary N) is 1. The Morgan fingerprint density at radius 1 is 1.25 bits per heavy atom. The monoisotopic (exact) mass is 222 g/mol. The molecule has 2 rings (SSSR count). The van der Waals surface area contributed by atoms with Crippen LogP contribution >= 0.6 is 0 Å². The van der Waals surface area contributed by atoms with Gasteiger partial charge in [-0.05, 0) is 30.8 Å². The van der Waals surface area contributed by atoms with Gasteiger partial charge < -0.3 is 10.2 Å². The molecule has 16 heavy (non-hydrogen) atoms. The van der Waals surface area contributed by atoms with E-state index in [2.05, 4.69) is 19.2 Å². The van der Waals surface area contributed by atoms with E-state index < -0.39 is 0 Å². The first kappa shape index (κ1) is 11.6. The Bertz CT molecular complexity index is 306. The van der Waals surface area contributed by atoms with E-state index in [0.717, 1.165) is 31.8 Å². The van der Waals surface area contributed by atoms with Crippen molar-refractivity contribution in [1.29, 1.82) is 0 Å². The number of piperidine rings is 1. The van der Waals surface area contributed by atoms with Crippen molar-refractivity contribution in [1.82, 2.24) is 10.2 Å². The normalized spacial score (nSPS) is 29.9. The van der Waals surface area contributed by atoms with Crippen LogP contribution in [0.4, 0.5) is 0 Å². The number of likely N-dealkylation sites (tertiary alicyclic amines) is 1. The van der Waals surface area contributed by atoms with Gasteiger partial charge in [-0.1, -0.05) is 13.8 Å². The largest absolute Gasteiger partial charge is 0.338 e. The molecule has 0 bridgehead atoms. The molecule has 2 aliphatic rings. The van der Waals surface area contributed by atoms with Gasteiger partial charge in [0, 0.05) is 31.8 Å². The number of nitrogens with zero attached hydrogens (tertiary/aromatic N) is 1. The van der Waals surface area contributed by atoms with Gasteiger partial charge in [-0.3, -0.25) is 4.79 Å². The second-order valence-electron chi connectivity index (χ2n) is 5.49. The molecule has 0 aromatic rings.